The van der Waals surface area contributed by atoms with E-state index in [1.807, 2.05) is 24.4 Å². The van der Waals surface area contributed by atoms with Gasteiger partial charge >= 0.3 is 12.1 Å². The first kappa shape index (κ1) is 33.4. The number of benzene rings is 1. The van der Waals surface area contributed by atoms with Gasteiger partial charge in [-0.3, -0.25) is 9.36 Å². The highest BCUT2D eigenvalue weighted by atomic mass is 16.7. The fraction of sp³-hybridized carbons (Fsp3) is 0.600. The highest BCUT2D eigenvalue weighted by Gasteiger charge is 2.22. The molecule has 232 valence electrons. The number of hydrogen-bond acceptors (Lipinski definition) is 6. The van der Waals surface area contributed by atoms with Crippen LogP contribution in [0.1, 0.15) is 109 Å². The Morgan fingerprint density at radius 3 is 2.45 bits per heavy atom. The van der Waals surface area contributed by atoms with Crippen molar-refractivity contribution in [3.63, 3.8) is 0 Å². The summed E-state index contributed by atoms with van der Waals surface area (Å²) in [5, 5.41) is 4.48. The van der Waals surface area contributed by atoms with Crippen molar-refractivity contribution in [2.24, 2.45) is 0 Å². The van der Waals surface area contributed by atoms with Gasteiger partial charge in [0.15, 0.2) is 0 Å². The number of hydrogen-bond donors (Lipinski definition) is 1. The molecule has 0 aliphatic carbocycles. The standard InChI is InChI=1S/C35H52N2O5/c1-4-5-6-7-8-9-10-11-12-13-14-15-16-17-18-21-34(38)41-28(2)42-35(39)37-27-29(25-30-20-19-24-36-30)32-26-31(40-3)22-23-33(32)37/h8-9,11-12,22-23,26-28,30,36H,4-7,10,13-21,24-25H2,1-3H3/b9-8-,12-11-/t28?,30-/m1/s1. The van der Waals surface area contributed by atoms with E-state index < -0.39 is 12.4 Å². The number of aromatic nitrogens is 1. The molecule has 2 aromatic rings. The van der Waals surface area contributed by atoms with Gasteiger partial charge in [0.2, 0.25) is 6.29 Å². The lowest BCUT2D eigenvalue weighted by molar-refractivity contribution is -0.164. The summed E-state index contributed by atoms with van der Waals surface area (Å²) in [6.45, 7) is 4.84. The van der Waals surface area contributed by atoms with E-state index >= 15 is 0 Å². The molecule has 1 aliphatic heterocycles. The van der Waals surface area contributed by atoms with Gasteiger partial charge in [0.1, 0.15) is 5.75 Å². The third kappa shape index (κ3) is 11.7. The lowest BCUT2D eigenvalue weighted by Gasteiger charge is -2.14. The van der Waals surface area contributed by atoms with Crippen molar-refractivity contribution in [1.29, 1.82) is 0 Å². The number of ether oxygens (including phenoxy) is 3. The van der Waals surface area contributed by atoms with E-state index in [4.69, 9.17) is 14.2 Å². The van der Waals surface area contributed by atoms with Gasteiger partial charge in [0, 0.05) is 31.0 Å². The van der Waals surface area contributed by atoms with E-state index in [9.17, 15) is 9.59 Å². The van der Waals surface area contributed by atoms with Gasteiger partial charge in [-0.25, -0.2) is 4.79 Å². The molecule has 0 bridgehead atoms. The molecule has 2 atom stereocenters. The van der Waals surface area contributed by atoms with Crippen LogP contribution in [0, 0.1) is 0 Å². The lowest BCUT2D eigenvalue weighted by atomic mass is 10.0. The molecule has 0 spiro atoms. The number of methoxy groups -OCH3 is 1. The SMILES string of the molecule is CCCCC/C=C\C/C=C\CCCCCCCC(=O)OC(C)OC(=O)n1cc(C[C@H]2CCCN2)c2cc(OC)ccc21. The van der Waals surface area contributed by atoms with E-state index in [2.05, 4.69) is 36.5 Å². The molecule has 2 heterocycles. The maximum absolute atomic E-state index is 13.1. The van der Waals surface area contributed by atoms with E-state index in [1.165, 1.54) is 36.7 Å². The van der Waals surface area contributed by atoms with Crippen LogP contribution in [0.15, 0.2) is 48.7 Å². The Kier molecular flexibility index (Phi) is 15.3. The maximum atomic E-state index is 13.1. The molecule has 1 fully saturated rings. The number of fused-ring (bicyclic) bond motifs is 1. The van der Waals surface area contributed by atoms with Crippen molar-refractivity contribution in [3.05, 3.63) is 54.3 Å². The summed E-state index contributed by atoms with van der Waals surface area (Å²) in [4.78, 5) is 25.4. The quantitative estimate of drug-likeness (QED) is 0.0775. The van der Waals surface area contributed by atoms with Gasteiger partial charge in [0.25, 0.3) is 0 Å². The second-order valence-electron chi connectivity index (χ2n) is 11.3. The zero-order valence-electron chi connectivity index (χ0n) is 26.1. The smallest absolute Gasteiger partial charge is 0.421 e. The normalized spacial score (nSPS) is 16.0. The lowest BCUT2D eigenvalue weighted by Crippen LogP contribution is -2.24. The summed E-state index contributed by atoms with van der Waals surface area (Å²) in [7, 11) is 1.63. The highest BCUT2D eigenvalue weighted by Crippen LogP contribution is 2.28. The second kappa shape index (κ2) is 19.2. The number of allylic oxidation sites excluding steroid dienone is 4. The van der Waals surface area contributed by atoms with Crippen LogP contribution in [0.25, 0.3) is 10.9 Å². The fourth-order valence-corrected chi connectivity index (χ4v) is 5.46. The summed E-state index contributed by atoms with van der Waals surface area (Å²) in [6.07, 6.45) is 25.3. The number of nitrogens with one attached hydrogen (secondary N) is 1. The van der Waals surface area contributed by atoms with Crippen LogP contribution >= 0.6 is 0 Å². The molecule has 1 aromatic heterocycles. The highest BCUT2D eigenvalue weighted by molar-refractivity contribution is 5.93. The van der Waals surface area contributed by atoms with Crippen LogP contribution in [-0.4, -0.2) is 42.6 Å². The molecule has 3 rings (SSSR count). The zero-order valence-corrected chi connectivity index (χ0v) is 26.1. The van der Waals surface area contributed by atoms with Crippen LogP contribution < -0.4 is 10.1 Å². The number of unbranched alkanes of at least 4 members (excludes halogenated alkanes) is 8. The molecule has 1 unspecified atom stereocenters. The average Bonchev–Trinajstić information content (AvgIpc) is 3.63. The molecule has 0 saturated carbocycles. The van der Waals surface area contributed by atoms with Crippen molar-refractivity contribution >= 4 is 23.0 Å². The molecule has 42 heavy (non-hydrogen) atoms. The van der Waals surface area contributed by atoms with E-state index in [0.29, 0.717) is 12.5 Å². The minimum Gasteiger partial charge on any atom is -0.497 e. The maximum Gasteiger partial charge on any atom is 0.421 e. The molecule has 1 N–H and O–H groups in total. The van der Waals surface area contributed by atoms with Crippen LogP contribution in [0.2, 0.25) is 0 Å². The number of carbonyl (C=O) groups is 2. The number of carbonyl (C=O) groups excluding carboxylic acids is 2. The fourth-order valence-electron chi connectivity index (χ4n) is 5.46. The molecular weight excluding hydrogens is 528 g/mol. The molecule has 7 heteroatoms. The van der Waals surface area contributed by atoms with Gasteiger partial charge in [-0.05, 0) is 88.1 Å². The third-order valence-electron chi connectivity index (χ3n) is 7.82. The second-order valence-corrected chi connectivity index (χ2v) is 11.3. The minimum absolute atomic E-state index is 0.331. The first-order chi connectivity index (χ1) is 20.5. The average molecular weight is 581 g/mol. The molecule has 1 aromatic carbocycles. The van der Waals surface area contributed by atoms with Gasteiger partial charge in [-0.1, -0.05) is 63.3 Å². The summed E-state index contributed by atoms with van der Waals surface area (Å²) in [5.41, 5.74) is 1.81. The Hall–Kier alpha value is -3.06. The largest absolute Gasteiger partial charge is 0.497 e. The van der Waals surface area contributed by atoms with E-state index in [0.717, 1.165) is 86.5 Å². The van der Waals surface area contributed by atoms with Crippen molar-refractivity contribution < 1.29 is 23.8 Å². The predicted molar refractivity (Wildman–Crippen MR) is 170 cm³/mol. The summed E-state index contributed by atoms with van der Waals surface area (Å²) >= 11 is 0. The predicted octanol–water partition coefficient (Wildman–Crippen LogP) is 8.63. The third-order valence-corrected chi connectivity index (χ3v) is 7.82. The number of rotatable bonds is 19. The van der Waals surface area contributed by atoms with Crippen molar-refractivity contribution in [2.45, 2.75) is 122 Å². The molecular formula is C35H52N2O5. The van der Waals surface area contributed by atoms with Crippen LogP contribution in [0.5, 0.6) is 5.75 Å². The van der Waals surface area contributed by atoms with Gasteiger partial charge in [0.05, 0.1) is 12.6 Å². The van der Waals surface area contributed by atoms with E-state index in [1.54, 1.807) is 14.0 Å². The minimum atomic E-state index is -0.960. The van der Waals surface area contributed by atoms with Crippen molar-refractivity contribution in [2.75, 3.05) is 13.7 Å². The molecule has 7 nitrogen and oxygen atoms in total. The summed E-state index contributed by atoms with van der Waals surface area (Å²) in [5.74, 6) is 0.404. The molecule has 0 amide bonds. The van der Waals surface area contributed by atoms with Crippen LogP contribution in [-0.2, 0) is 20.7 Å². The number of esters is 1. The first-order valence-corrected chi connectivity index (χ1v) is 16.1. The zero-order chi connectivity index (χ0) is 30.0. The van der Waals surface area contributed by atoms with Gasteiger partial charge in [-0.2, -0.15) is 0 Å². The first-order valence-electron chi connectivity index (χ1n) is 16.1. The van der Waals surface area contributed by atoms with Crippen molar-refractivity contribution in [3.8, 4) is 5.75 Å². The molecule has 1 aliphatic rings. The van der Waals surface area contributed by atoms with Gasteiger partial charge in [-0.15, -0.1) is 0 Å². The summed E-state index contributed by atoms with van der Waals surface area (Å²) < 4.78 is 17.8. The monoisotopic (exact) mass is 580 g/mol. The Morgan fingerprint density at radius 2 is 1.74 bits per heavy atom. The topological polar surface area (TPSA) is 78.8 Å². The molecule has 0 radical (unpaired) electrons. The van der Waals surface area contributed by atoms with Gasteiger partial charge < -0.3 is 19.5 Å². The van der Waals surface area contributed by atoms with Crippen LogP contribution in [0.4, 0.5) is 4.79 Å². The Balaban J connectivity index is 1.33. The number of nitrogens with zero attached hydrogens (tertiary/aromatic N) is 1. The Morgan fingerprint density at radius 1 is 1.00 bits per heavy atom. The molecule has 1 saturated heterocycles. The van der Waals surface area contributed by atoms with Crippen LogP contribution in [0.3, 0.4) is 0 Å². The van der Waals surface area contributed by atoms with Crippen molar-refractivity contribution in [1.82, 2.24) is 9.88 Å². The van der Waals surface area contributed by atoms with E-state index in [-0.39, 0.29) is 5.97 Å². The summed E-state index contributed by atoms with van der Waals surface area (Å²) in [6, 6.07) is 6.04. The Bertz CT molecular complexity index is 1150. The Labute approximate surface area is 252 Å².